The summed E-state index contributed by atoms with van der Waals surface area (Å²) in [5.41, 5.74) is 8.98. The number of hydrogen-bond acceptors (Lipinski definition) is 1. The van der Waals surface area contributed by atoms with Gasteiger partial charge in [0.25, 0.3) is 0 Å². The summed E-state index contributed by atoms with van der Waals surface area (Å²) in [6.07, 6.45) is 1.96. The fourth-order valence-corrected chi connectivity index (χ4v) is 4.49. The molecule has 1 aromatic heterocycles. The maximum Gasteiger partial charge on any atom is 0.0705 e. The highest BCUT2D eigenvalue weighted by Crippen LogP contribution is 2.53. The average molecular weight is 335 g/mol. The Bertz CT molecular complexity index is 1150. The Morgan fingerprint density at radius 2 is 1.58 bits per heavy atom. The molecule has 4 aromatic rings. The van der Waals surface area contributed by atoms with Crippen molar-refractivity contribution in [1.29, 1.82) is 0 Å². The smallest absolute Gasteiger partial charge is 0.0705 e. The molecule has 26 heavy (non-hydrogen) atoms. The van der Waals surface area contributed by atoms with Crippen LogP contribution in [0.5, 0.6) is 0 Å². The minimum absolute atomic E-state index is 0.0438. The van der Waals surface area contributed by atoms with E-state index in [1.54, 1.807) is 0 Å². The van der Waals surface area contributed by atoms with E-state index in [1.807, 2.05) is 6.20 Å². The SMILES string of the molecule is Cc1ccc(-c2cccc3c2C(C)(C)c2ccc4ccccc4c2-3)nc1. The van der Waals surface area contributed by atoms with Crippen LogP contribution in [0.15, 0.2) is 72.9 Å². The number of aryl methyl sites for hydroxylation is 1. The van der Waals surface area contributed by atoms with Gasteiger partial charge >= 0.3 is 0 Å². The zero-order valence-corrected chi connectivity index (χ0v) is 15.4. The first kappa shape index (κ1) is 15.3. The number of fused-ring (bicyclic) bond motifs is 5. The van der Waals surface area contributed by atoms with Gasteiger partial charge in [-0.3, -0.25) is 4.98 Å². The summed E-state index contributed by atoms with van der Waals surface area (Å²) >= 11 is 0. The number of aromatic nitrogens is 1. The lowest BCUT2D eigenvalue weighted by molar-refractivity contribution is 0.662. The Labute approximate surface area is 154 Å². The highest BCUT2D eigenvalue weighted by Gasteiger charge is 2.38. The van der Waals surface area contributed by atoms with Crippen LogP contribution in [0.1, 0.15) is 30.5 Å². The minimum atomic E-state index is -0.0438. The van der Waals surface area contributed by atoms with Gasteiger partial charge in [0.1, 0.15) is 0 Å². The molecule has 0 bridgehead atoms. The third-order valence-electron chi connectivity index (χ3n) is 5.75. The quantitative estimate of drug-likeness (QED) is 0.386. The van der Waals surface area contributed by atoms with E-state index < -0.39 is 0 Å². The van der Waals surface area contributed by atoms with Gasteiger partial charge in [0.15, 0.2) is 0 Å². The standard InChI is InChI=1S/C25H21N/c1-16-11-14-22(26-15-16)19-9-6-10-20-23-18-8-5-4-7-17(18)12-13-21(23)25(2,3)24(19)20/h4-15H,1-3H3. The summed E-state index contributed by atoms with van der Waals surface area (Å²) in [5.74, 6) is 0. The normalized spacial score (nSPS) is 14.3. The molecule has 0 radical (unpaired) electrons. The molecule has 0 amide bonds. The van der Waals surface area contributed by atoms with Crippen molar-refractivity contribution in [3.8, 4) is 22.4 Å². The first-order valence-corrected chi connectivity index (χ1v) is 9.16. The molecule has 126 valence electrons. The molecule has 0 aliphatic heterocycles. The molecule has 1 nitrogen and oxygen atoms in total. The van der Waals surface area contributed by atoms with E-state index >= 15 is 0 Å². The lowest BCUT2D eigenvalue weighted by Crippen LogP contribution is -2.16. The van der Waals surface area contributed by atoms with E-state index in [-0.39, 0.29) is 5.41 Å². The van der Waals surface area contributed by atoms with Crippen molar-refractivity contribution < 1.29 is 0 Å². The molecule has 1 aliphatic rings. The van der Waals surface area contributed by atoms with E-state index in [1.165, 1.54) is 44.2 Å². The molecule has 0 saturated carbocycles. The van der Waals surface area contributed by atoms with Crippen molar-refractivity contribution in [2.24, 2.45) is 0 Å². The summed E-state index contributed by atoms with van der Waals surface area (Å²) in [6, 6.07) is 24.2. The summed E-state index contributed by atoms with van der Waals surface area (Å²) < 4.78 is 0. The molecule has 0 unspecified atom stereocenters. The molecule has 1 heteroatoms. The molecule has 0 atom stereocenters. The maximum absolute atomic E-state index is 4.72. The minimum Gasteiger partial charge on any atom is -0.256 e. The van der Waals surface area contributed by atoms with E-state index in [0.29, 0.717) is 0 Å². The van der Waals surface area contributed by atoms with Crippen molar-refractivity contribution in [2.75, 3.05) is 0 Å². The van der Waals surface area contributed by atoms with E-state index in [9.17, 15) is 0 Å². The topological polar surface area (TPSA) is 12.9 Å². The first-order valence-electron chi connectivity index (χ1n) is 9.16. The van der Waals surface area contributed by atoms with E-state index in [4.69, 9.17) is 4.98 Å². The zero-order chi connectivity index (χ0) is 17.9. The highest BCUT2D eigenvalue weighted by molar-refractivity contribution is 6.03. The molecule has 0 spiro atoms. The second-order valence-electron chi connectivity index (χ2n) is 7.78. The van der Waals surface area contributed by atoms with E-state index in [0.717, 1.165) is 5.69 Å². The second kappa shape index (κ2) is 5.28. The monoisotopic (exact) mass is 335 g/mol. The molecular formula is C25H21N. The van der Waals surface area contributed by atoms with Crippen molar-refractivity contribution >= 4 is 10.8 Å². The van der Waals surface area contributed by atoms with Gasteiger partial charge < -0.3 is 0 Å². The highest BCUT2D eigenvalue weighted by atomic mass is 14.7. The number of rotatable bonds is 1. The largest absolute Gasteiger partial charge is 0.256 e. The third kappa shape index (κ3) is 2.00. The van der Waals surface area contributed by atoms with Crippen molar-refractivity contribution in [2.45, 2.75) is 26.2 Å². The van der Waals surface area contributed by atoms with Crippen LogP contribution in [0.3, 0.4) is 0 Å². The lowest BCUT2D eigenvalue weighted by Gasteiger charge is -2.24. The Kier molecular flexibility index (Phi) is 3.12. The predicted molar refractivity (Wildman–Crippen MR) is 109 cm³/mol. The number of nitrogens with zero attached hydrogens (tertiary/aromatic N) is 1. The number of pyridine rings is 1. The van der Waals surface area contributed by atoms with Crippen LogP contribution < -0.4 is 0 Å². The van der Waals surface area contributed by atoms with Gasteiger partial charge in [-0.25, -0.2) is 0 Å². The van der Waals surface area contributed by atoms with Gasteiger partial charge in [-0.05, 0) is 51.6 Å². The van der Waals surface area contributed by atoms with Crippen LogP contribution in [-0.2, 0) is 5.41 Å². The summed E-state index contributed by atoms with van der Waals surface area (Å²) in [4.78, 5) is 4.72. The van der Waals surface area contributed by atoms with E-state index in [2.05, 4.69) is 87.5 Å². The Balaban J connectivity index is 1.87. The molecule has 1 aliphatic carbocycles. The van der Waals surface area contributed by atoms with Crippen LogP contribution in [0.25, 0.3) is 33.2 Å². The number of hydrogen-bond donors (Lipinski definition) is 0. The van der Waals surface area contributed by atoms with Gasteiger partial charge in [0, 0.05) is 17.2 Å². The predicted octanol–water partition coefficient (Wildman–Crippen LogP) is 6.52. The first-order chi connectivity index (χ1) is 12.6. The van der Waals surface area contributed by atoms with Gasteiger partial charge in [0.05, 0.1) is 5.69 Å². The van der Waals surface area contributed by atoms with Crippen molar-refractivity contribution in [3.63, 3.8) is 0 Å². The lowest BCUT2D eigenvalue weighted by atomic mass is 9.79. The molecule has 0 saturated heterocycles. The summed E-state index contributed by atoms with van der Waals surface area (Å²) in [5, 5.41) is 2.64. The summed E-state index contributed by atoms with van der Waals surface area (Å²) in [6.45, 7) is 6.76. The zero-order valence-electron chi connectivity index (χ0n) is 15.4. The van der Waals surface area contributed by atoms with Crippen LogP contribution in [0.2, 0.25) is 0 Å². The van der Waals surface area contributed by atoms with Crippen molar-refractivity contribution in [3.05, 3.63) is 89.6 Å². The molecule has 1 heterocycles. The van der Waals surface area contributed by atoms with Gasteiger partial charge in [-0.1, -0.05) is 74.5 Å². The van der Waals surface area contributed by atoms with Crippen LogP contribution >= 0.6 is 0 Å². The number of benzene rings is 3. The average Bonchev–Trinajstić information content (AvgIpc) is 2.90. The van der Waals surface area contributed by atoms with Gasteiger partial charge in [0.2, 0.25) is 0 Å². The van der Waals surface area contributed by atoms with Gasteiger partial charge in [-0.15, -0.1) is 0 Å². The second-order valence-corrected chi connectivity index (χ2v) is 7.78. The fraction of sp³-hybridized carbons (Fsp3) is 0.160. The van der Waals surface area contributed by atoms with Crippen molar-refractivity contribution in [1.82, 2.24) is 4.98 Å². The van der Waals surface area contributed by atoms with Crippen LogP contribution in [0, 0.1) is 6.92 Å². The molecule has 0 N–H and O–H groups in total. The van der Waals surface area contributed by atoms with Crippen LogP contribution in [0.4, 0.5) is 0 Å². The molecule has 0 fully saturated rings. The third-order valence-corrected chi connectivity index (χ3v) is 5.75. The van der Waals surface area contributed by atoms with Crippen LogP contribution in [-0.4, -0.2) is 4.98 Å². The maximum atomic E-state index is 4.72. The Hall–Kier alpha value is -2.93. The summed E-state index contributed by atoms with van der Waals surface area (Å²) in [7, 11) is 0. The Morgan fingerprint density at radius 3 is 2.38 bits per heavy atom. The fourth-order valence-electron chi connectivity index (χ4n) is 4.49. The Morgan fingerprint density at radius 1 is 0.769 bits per heavy atom. The molecule has 3 aromatic carbocycles. The molecule has 5 rings (SSSR count). The van der Waals surface area contributed by atoms with Gasteiger partial charge in [-0.2, -0.15) is 0 Å². The molecular weight excluding hydrogens is 314 g/mol.